The molecule has 2 aromatic rings. The first-order valence-electron chi connectivity index (χ1n) is 5.64. The van der Waals surface area contributed by atoms with Crippen molar-refractivity contribution in [2.45, 2.75) is 6.42 Å². The summed E-state index contributed by atoms with van der Waals surface area (Å²) in [7, 11) is 1.72. The van der Waals surface area contributed by atoms with Crippen LogP contribution < -0.4 is 5.32 Å². The molecule has 1 aromatic carbocycles. The van der Waals surface area contributed by atoms with Crippen LogP contribution in [0.15, 0.2) is 36.8 Å². The minimum absolute atomic E-state index is 0.0740. The fourth-order valence-electron chi connectivity index (χ4n) is 1.70. The summed E-state index contributed by atoms with van der Waals surface area (Å²) in [6, 6.07) is 6.76. The molecule has 98 valence electrons. The number of nitrogens with zero attached hydrogens (tertiary/aromatic N) is 2. The normalized spacial score (nSPS) is 10.2. The first-order valence-corrected chi connectivity index (χ1v) is 5.64. The summed E-state index contributed by atoms with van der Waals surface area (Å²) in [5.41, 5.74) is 1.63. The molecule has 1 aromatic heterocycles. The Hall–Kier alpha value is -2.63. The lowest BCUT2D eigenvalue weighted by Crippen LogP contribution is -2.15. The second-order valence-electron chi connectivity index (χ2n) is 4.11. The minimum Gasteiger partial charge on any atom is -0.481 e. The number of carboxylic acids is 1. The maximum absolute atomic E-state index is 11.9. The van der Waals surface area contributed by atoms with Crippen LogP contribution in [-0.2, 0) is 18.3 Å². The molecule has 19 heavy (non-hydrogen) atoms. The van der Waals surface area contributed by atoms with Crippen LogP contribution in [0.3, 0.4) is 0 Å². The molecule has 0 aliphatic heterocycles. The van der Waals surface area contributed by atoms with Crippen molar-refractivity contribution in [2.24, 2.45) is 7.05 Å². The number of nitrogens with one attached hydrogen (secondary N) is 1. The number of rotatable bonds is 4. The lowest BCUT2D eigenvalue weighted by Gasteiger charge is -2.06. The van der Waals surface area contributed by atoms with E-state index < -0.39 is 5.97 Å². The number of aryl methyl sites for hydroxylation is 1. The van der Waals surface area contributed by atoms with E-state index in [4.69, 9.17) is 5.11 Å². The van der Waals surface area contributed by atoms with E-state index in [9.17, 15) is 9.59 Å². The van der Waals surface area contributed by atoms with E-state index in [-0.39, 0.29) is 12.3 Å². The first kappa shape index (κ1) is 12.8. The highest BCUT2D eigenvalue weighted by molar-refractivity contribution is 6.03. The van der Waals surface area contributed by atoms with E-state index in [0.29, 0.717) is 16.9 Å². The van der Waals surface area contributed by atoms with Gasteiger partial charge < -0.3 is 15.0 Å². The quantitative estimate of drug-likeness (QED) is 0.866. The molecular formula is C13H13N3O3. The van der Waals surface area contributed by atoms with Gasteiger partial charge in [-0.1, -0.05) is 12.1 Å². The van der Waals surface area contributed by atoms with Crippen molar-refractivity contribution in [1.29, 1.82) is 0 Å². The average molecular weight is 259 g/mol. The zero-order valence-electron chi connectivity index (χ0n) is 10.3. The maximum Gasteiger partial charge on any atom is 0.307 e. The van der Waals surface area contributed by atoms with Gasteiger partial charge in [-0.05, 0) is 17.7 Å². The molecular weight excluding hydrogens is 246 g/mol. The third kappa shape index (κ3) is 3.19. The molecule has 0 atom stereocenters. The van der Waals surface area contributed by atoms with Crippen molar-refractivity contribution in [3.05, 3.63) is 48.0 Å². The fraction of sp³-hybridized carbons (Fsp3) is 0.154. The van der Waals surface area contributed by atoms with Crippen molar-refractivity contribution < 1.29 is 14.7 Å². The molecule has 0 bridgehead atoms. The monoisotopic (exact) mass is 259 g/mol. The van der Waals surface area contributed by atoms with Crippen LogP contribution in [0, 0.1) is 0 Å². The summed E-state index contributed by atoms with van der Waals surface area (Å²) in [5.74, 6) is -1.19. The summed E-state index contributed by atoms with van der Waals surface area (Å²) in [6.45, 7) is 0. The Kier molecular flexibility index (Phi) is 3.61. The Morgan fingerprint density at radius 2 is 2.21 bits per heavy atom. The Labute approximate surface area is 109 Å². The number of benzene rings is 1. The van der Waals surface area contributed by atoms with Crippen LogP contribution >= 0.6 is 0 Å². The van der Waals surface area contributed by atoms with Gasteiger partial charge in [-0.2, -0.15) is 0 Å². The summed E-state index contributed by atoms with van der Waals surface area (Å²) in [4.78, 5) is 26.4. The van der Waals surface area contributed by atoms with Gasteiger partial charge in [0.1, 0.15) is 5.69 Å². The molecule has 0 saturated heterocycles. The Balaban J connectivity index is 2.13. The highest BCUT2D eigenvalue weighted by atomic mass is 16.4. The van der Waals surface area contributed by atoms with Crippen molar-refractivity contribution in [1.82, 2.24) is 9.55 Å². The number of amides is 1. The molecule has 6 heteroatoms. The topological polar surface area (TPSA) is 84.2 Å². The van der Waals surface area contributed by atoms with Crippen molar-refractivity contribution >= 4 is 17.6 Å². The van der Waals surface area contributed by atoms with Gasteiger partial charge in [0.25, 0.3) is 5.91 Å². The van der Waals surface area contributed by atoms with Gasteiger partial charge in [0.2, 0.25) is 0 Å². The Morgan fingerprint density at radius 3 is 2.84 bits per heavy atom. The molecule has 0 spiro atoms. The predicted octanol–water partition coefficient (Wildman–Crippen LogP) is 1.30. The van der Waals surface area contributed by atoms with Crippen LogP contribution in [0.4, 0.5) is 5.69 Å². The number of anilines is 1. The molecule has 2 N–H and O–H groups in total. The molecule has 0 fully saturated rings. The van der Waals surface area contributed by atoms with E-state index in [0.717, 1.165) is 0 Å². The second kappa shape index (κ2) is 5.34. The number of hydrogen-bond acceptors (Lipinski definition) is 3. The van der Waals surface area contributed by atoms with Gasteiger partial charge in [-0.25, -0.2) is 4.98 Å². The van der Waals surface area contributed by atoms with Crippen LogP contribution in [0.5, 0.6) is 0 Å². The number of aliphatic carboxylic acids is 1. The standard InChI is InChI=1S/C13H13N3O3/c1-16-8-14-7-11(16)13(19)15-10-4-2-3-9(5-10)6-12(17)18/h2-5,7-8H,6H2,1H3,(H,15,19)(H,17,18). The van der Waals surface area contributed by atoms with Crippen molar-refractivity contribution in [3.63, 3.8) is 0 Å². The van der Waals surface area contributed by atoms with Crippen molar-refractivity contribution in [2.75, 3.05) is 5.32 Å². The molecule has 0 radical (unpaired) electrons. The fourth-order valence-corrected chi connectivity index (χ4v) is 1.70. The summed E-state index contributed by atoms with van der Waals surface area (Å²) in [5, 5.41) is 11.4. The smallest absolute Gasteiger partial charge is 0.307 e. The third-order valence-corrected chi connectivity index (χ3v) is 2.59. The molecule has 2 rings (SSSR count). The molecule has 6 nitrogen and oxygen atoms in total. The highest BCUT2D eigenvalue weighted by Crippen LogP contribution is 2.12. The lowest BCUT2D eigenvalue weighted by molar-refractivity contribution is -0.136. The maximum atomic E-state index is 11.9. The molecule has 0 aliphatic rings. The molecule has 0 unspecified atom stereocenters. The van der Waals surface area contributed by atoms with E-state index in [2.05, 4.69) is 10.3 Å². The summed E-state index contributed by atoms with van der Waals surface area (Å²) < 4.78 is 1.61. The van der Waals surface area contributed by atoms with Gasteiger partial charge in [0.05, 0.1) is 18.9 Å². The summed E-state index contributed by atoms with van der Waals surface area (Å²) in [6.07, 6.45) is 2.93. The average Bonchev–Trinajstić information content (AvgIpc) is 2.75. The number of aromatic nitrogens is 2. The van der Waals surface area contributed by atoms with E-state index in [1.807, 2.05) is 0 Å². The second-order valence-corrected chi connectivity index (χ2v) is 4.11. The summed E-state index contributed by atoms with van der Waals surface area (Å²) >= 11 is 0. The number of imidazole rings is 1. The molecule has 1 heterocycles. The Bertz CT molecular complexity index is 619. The highest BCUT2D eigenvalue weighted by Gasteiger charge is 2.10. The van der Waals surface area contributed by atoms with Crippen LogP contribution in [0.1, 0.15) is 16.1 Å². The lowest BCUT2D eigenvalue weighted by atomic mass is 10.1. The van der Waals surface area contributed by atoms with E-state index in [1.165, 1.54) is 12.5 Å². The first-order chi connectivity index (χ1) is 9.06. The zero-order chi connectivity index (χ0) is 13.8. The third-order valence-electron chi connectivity index (χ3n) is 2.59. The van der Waals surface area contributed by atoms with Crippen LogP contribution in [-0.4, -0.2) is 26.5 Å². The number of carboxylic acid groups (broad SMARTS) is 1. The van der Waals surface area contributed by atoms with E-state index >= 15 is 0 Å². The predicted molar refractivity (Wildman–Crippen MR) is 68.9 cm³/mol. The Morgan fingerprint density at radius 1 is 1.42 bits per heavy atom. The van der Waals surface area contributed by atoms with Crippen LogP contribution in [0.25, 0.3) is 0 Å². The molecule has 0 aliphatic carbocycles. The number of hydrogen-bond donors (Lipinski definition) is 2. The van der Waals surface area contributed by atoms with E-state index in [1.54, 1.807) is 35.9 Å². The van der Waals surface area contributed by atoms with Gasteiger partial charge in [0, 0.05) is 12.7 Å². The van der Waals surface area contributed by atoms with Gasteiger partial charge >= 0.3 is 5.97 Å². The van der Waals surface area contributed by atoms with Gasteiger partial charge in [-0.3, -0.25) is 9.59 Å². The van der Waals surface area contributed by atoms with Crippen molar-refractivity contribution in [3.8, 4) is 0 Å². The van der Waals surface area contributed by atoms with Crippen LogP contribution in [0.2, 0.25) is 0 Å². The molecule has 1 amide bonds. The minimum atomic E-state index is -0.907. The zero-order valence-corrected chi connectivity index (χ0v) is 10.3. The van der Waals surface area contributed by atoms with Gasteiger partial charge in [-0.15, -0.1) is 0 Å². The molecule has 0 saturated carbocycles. The largest absolute Gasteiger partial charge is 0.481 e. The number of carbonyl (C=O) groups is 2. The SMILES string of the molecule is Cn1cncc1C(=O)Nc1cccc(CC(=O)O)c1. The number of carbonyl (C=O) groups excluding carboxylic acids is 1. The van der Waals surface area contributed by atoms with Gasteiger partial charge in [0.15, 0.2) is 0 Å².